The van der Waals surface area contributed by atoms with Crippen molar-refractivity contribution in [2.75, 3.05) is 32.8 Å². The van der Waals surface area contributed by atoms with Gasteiger partial charge in [-0.15, -0.1) is 0 Å². The maximum absolute atomic E-state index is 12.3. The molecule has 0 aliphatic carbocycles. The number of amides is 1. The molecule has 3 aromatic rings. The van der Waals surface area contributed by atoms with Crippen LogP contribution in [0.1, 0.15) is 73.7 Å². The number of hydrogen-bond acceptors (Lipinski definition) is 8. The predicted molar refractivity (Wildman–Crippen MR) is 178 cm³/mol. The zero-order valence-electron chi connectivity index (χ0n) is 27.5. The van der Waals surface area contributed by atoms with E-state index in [-0.39, 0.29) is 43.5 Å². The quantitative estimate of drug-likeness (QED) is 0.236. The summed E-state index contributed by atoms with van der Waals surface area (Å²) in [6.07, 6.45) is 1.31. The van der Waals surface area contributed by atoms with Crippen LogP contribution in [0.5, 0.6) is 0 Å². The fourth-order valence-electron chi connectivity index (χ4n) is 6.90. The Morgan fingerprint density at radius 1 is 0.896 bits per heavy atom. The van der Waals surface area contributed by atoms with Gasteiger partial charge in [0.25, 0.3) is 0 Å². The highest BCUT2D eigenvalue weighted by Crippen LogP contribution is 2.43. The van der Waals surface area contributed by atoms with Crippen molar-refractivity contribution in [3.8, 4) is 11.1 Å². The average Bonchev–Trinajstić information content (AvgIpc) is 3.57. The lowest BCUT2D eigenvalue weighted by molar-refractivity contribution is -0.278. The van der Waals surface area contributed by atoms with Crippen molar-refractivity contribution in [2.45, 2.75) is 76.5 Å². The van der Waals surface area contributed by atoms with Crippen LogP contribution in [0.4, 0.5) is 0 Å². The number of ether oxygens (including phenoxy) is 4. The van der Waals surface area contributed by atoms with Crippen molar-refractivity contribution in [1.29, 1.82) is 0 Å². The molecule has 3 aliphatic rings. The number of likely N-dealkylation sites (tertiary alicyclic amines) is 1. The first-order chi connectivity index (χ1) is 23.3. The summed E-state index contributed by atoms with van der Waals surface area (Å²) in [5, 5.41) is 21.4. The van der Waals surface area contributed by atoms with Gasteiger partial charge in [-0.25, -0.2) is 0 Å². The van der Waals surface area contributed by atoms with Crippen LogP contribution in [-0.2, 0) is 41.7 Å². The molecule has 4 atom stereocenters. The molecule has 256 valence electrons. The van der Waals surface area contributed by atoms with Crippen LogP contribution < -0.4 is 5.32 Å². The molecule has 10 nitrogen and oxygen atoms in total. The minimum absolute atomic E-state index is 0.00572. The highest BCUT2D eigenvalue weighted by molar-refractivity contribution is 5.77. The zero-order valence-corrected chi connectivity index (χ0v) is 27.5. The van der Waals surface area contributed by atoms with Gasteiger partial charge in [0.2, 0.25) is 5.91 Å². The molecule has 3 N–H and O–H groups in total. The van der Waals surface area contributed by atoms with Crippen LogP contribution in [0.15, 0.2) is 72.8 Å². The van der Waals surface area contributed by atoms with E-state index in [1.807, 2.05) is 60.7 Å². The summed E-state index contributed by atoms with van der Waals surface area (Å²) in [5.41, 5.74) is 5.82. The molecule has 48 heavy (non-hydrogen) atoms. The summed E-state index contributed by atoms with van der Waals surface area (Å²) in [6.45, 7) is 6.39. The minimum atomic E-state index is -0.900. The Kier molecular flexibility index (Phi) is 11.2. The highest BCUT2D eigenvalue weighted by Gasteiger charge is 2.43. The number of carboxylic acids is 1. The van der Waals surface area contributed by atoms with Gasteiger partial charge in [-0.2, -0.15) is 0 Å². The molecule has 3 saturated heterocycles. The number of aliphatic hydroxyl groups excluding tert-OH is 1. The Hall–Kier alpha value is -3.64. The third-order valence-electron chi connectivity index (χ3n) is 9.77. The van der Waals surface area contributed by atoms with Crippen molar-refractivity contribution in [1.82, 2.24) is 10.2 Å². The second-order valence-corrected chi connectivity index (χ2v) is 13.0. The Balaban J connectivity index is 1.16. The van der Waals surface area contributed by atoms with E-state index in [4.69, 9.17) is 24.1 Å². The molecule has 4 unspecified atom stereocenters. The summed E-state index contributed by atoms with van der Waals surface area (Å²) in [7, 11) is 0. The van der Waals surface area contributed by atoms with Crippen LogP contribution in [0.2, 0.25) is 0 Å². The number of carbonyl (C=O) groups is 2. The van der Waals surface area contributed by atoms with E-state index in [0.717, 1.165) is 65.9 Å². The molecular weight excluding hydrogens is 612 g/mol. The Bertz CT molecular complexity index is 1510. The molecule has 0 radical (unpaired) electrons. The summed E-state index contributed by atoms with van der Waals surface area (Å²) >= 11 is 0. The van der Waals surface area contributed by atoms with Crippen molar-refractivity contribution >= 4 is 11.9 Å². The lowest BCUT2D eigenvalue weighted by Crippen LogP contribution is -2.50. The van der Waals surface area contributed by atoms with E-state index in [1.54, 1.807) is 0 Å². The van der Waals surface area contributed by atoms with E-state index in [2.05, 4.69) is 29.3 Å². The molecule has 0 saturated carbocycles. The van der Waals surface area contributed by atoms with Gasteiger partial charge < -0.3 is 39.4 Å². The molecule has 6 rings (SSSR count). The largest absolute Gasteiger partial charge is 0.481 e. The van der Waals surface area contributed by atoms with Crippen LogP contribution in [0.3, 0.4) is 0 Å². The van der Waals surface area contributed by atoms with Gasteiger partial charge in [0.1, 0.15) is 0 Å². The first kappa shape index (κ1) is 34.2. The molecule has 1 spiro atoms. The minimum Gasteiger partial charge on any atom is -0.481 e. The standard InChI is InChI=1S/C38H46N2O8/c1-26-33(24-40-19-17-38(18-20-40)45-21-22-46-38)47-37(48-36(26)29-11-9-27(25-41)10-12-29)30-15-13-28(14-16-30)32-6-3-2-5-31(32)23-39-34(42)7-4-8-35(43)44/h2-3,5-6,9-16,26,33,36-37,41H,4,7-8,17-25H2,1H3,(H,39,42)(H,43,44). The van der Waals surface area contributed by atoms with Gasteiger partial charge in [-0.05, 0) is 34.2 Å². The monoisotopic (exact) mass is 658 g/mol. The van der Waals surface area contributed by atoms with E-state index in [0.29, 0.717) is 26.2 Å². The molecule has 10 heteroatoms. The molecule has 3 aliphatic heterocycles. The predicted octanol–water partition coefficient (Wildman–Crippen LogP) is 5.35. The third kappa shape index (κ3) is 8.31. The van der Waals surface area contributed by atoms with Crippen molar-refractivity contribution in [3.05, 3.63) is 95.1 Å². The van der Waals surface area contributed by atoms with Crippen LogP contribution >= 0.6 is 0 Å². The molecule has 3 aromatic carbocycles. The van der Waals surface area contributed by atoms with E-state index in [9.17, 15) is 14.7 Å². The van der Waals surface area contributed by atoms with E-state index >= 15 is 0 Å². The number of benzene rings is 3. The van der Waals surface area contributed by atoms with Gasteiger partial charge in [0, 0.05) is 63.3 Å². The number of aliphatic hydroxyl groups is 1. The smallest absolute Gasteiger partial charge is 0.303 e. The summed E-state index contributed by atoms with van der Waals surface area (Å²) in [5.74, 6) is -1.40. The number of carbonyl (C=O) groups excluding carboxylic acids is 1. The molecule has 0 bridgehead atoms. The molecule has 3 fully saturated rings. The number of piperidine rings is 1. The van der Waals surface area contributed by atoms with E-state index in [1.165, 1.54) is 0 Å². The number of carboxylic acid groups (broad SMARTS) is 1. The van der Waals surface area contributed by atoms with Crippen LogP contribution in [-0.4, -0.2) is 71.7 Å². The highest BCUT2D eigenvalue weighted by atomic mass is 16.7. The zero-order chi connectivity index (χ0) is 33.5. The van der Waals surface area contributed by atoms with Gasteiger partial charge in [-0.1, -0.05) is 79.7 Å². The number of aliphatic carboxylic acids is 1. The summed E-state index contributed by atoms with van der Waals surface area (Å²) < 4.78 is 25.3. The average molecular weight is 659 g/mol. The summed E-state index contributed by atoms with van der Waals surface area (Å²) in [4.78, 5) is 25.5. The number of nitrogens with zero attached hydrogens (tertiary/aromatic N) is 1. The first-order valence-corrected chi connectivity index (χ1v) is 17.0. The van der Waals surface area contributed by atoms with Crippen LogP contribution in [0, 0.1) is 5.92 Å². The Labute approximate surface area is 282 Å². The SMILES string of the molecule is CC1C(CN2CCC3(CC2)OCCO3)OC(c2ccc(-c3ccccc3CNC(=O)CCCC(=O)O)cc2)OC1c1ccc(CO)cc1. The van der Waals surface area contributed by atoms with Crippen LogP contribution in [0.25, 0.3) is 11.1 Å². The number of hydrogen-bond donors (Lipinski definition) is 3. The molecule has 1 amide bonds. The van der Waals surface area contributed by atoms with E-state index < -0.39 is 18.0 Å². The second-order valence-electron chi connectivity index (χ2n) is 13.0. The first-order valence-electron chi connectivity index (χ1n) is 17.0. The van der Waals surface area contributed by atoms with Gasteiger partial charge >= 0.3 is 5.97 Å². The number of nitrogens with one attached hydrogen (secondary N) is 1. The second kappa shape index (κ2) is 15.7. The molecule has 3 heterocycles. The molecular formula is C38H46N2O8. The van der Waals surface area contributed by atoms with Crippen molar-refractivity contribution in [3.63, 3.8) is 0 Å². The lowest BCUT2D eigenvalue weighted by Gasteiger charge is -2.44. The fourth-order valence-corrected chi connectivity index (χ4v) is 6.90. The Morgan fingerprint density at radius 3 is 2.27 bits per heavy atom. The maximum atomic E-state index is 12.3. The van der Waals surface area contributed by atoms with Crippen molar-refractivity contribution < 1.29 is 38.7 Å². The lowest BCUT2D eigenvalue weighted by atomic mass is 9.89. The number of rotatable bonds is 12. The van der Waals surface area contributed by atoms with Gasteiger partial charge in [0.15, 0.2) is 12.1 Å². The van der Waals surface area contributed by atoms with Crippen molar-refractivity contribution in [2.24, 2.45) is 5.92 Å². The molecule has 0 aromatic heterocycles. The normalized spacial score (nSPS) is 24.0. The van der Waals surface area contributed by atoms with Gasteiger partial charge in [-0.3, -0.25) is 9.59 Å². The Morgan fingerprint density at radius 2 is 1.58 bits per heavy atom. The maximum Gasteiger partial charge on any atom is 0.303 e. The summed E-state index contributed by atoms with van der Waals surface area (Å²) in [6, 6.07) is 24.1. The van der Waals surface area contributed by atoms with Gasteiger partial charge in [0.05, 0.1) is 32.0 Å². The topological polar surface area (TPSA) is 127 Å². The fraction of sp³-hybridized carbons (Fsp3) is 0.474. The third-order valence-corrected chi connectivity index (χ3v) is 9.77.